The Morgan fingerprint density at radius 2 is 2.05 bits per heavy atom. The molecule has 1 heterocycles. The molecule has 0 radical (unpaired) electrons. The molecule has 1 aromatic heterocycles. The predicted molar refractivity (Wildman–Crippen MR) is 79.9 cm³/mol. The third kappa shape index (κ3) is 4.19. The average Bonchev–Trinajstić information content (AvgIpc) is 2.83. The van der Waals surface area contributed by atoms with Crippen molar-refractivity contribution in [2.75, 3.05) is 12.4 Å². The number of rotatable bonds is 6. The van der Waals surface area contributed by atoms with E-state index in [0.29, 0.717) is 6.61 Å². The summed E-state index contributed by atoms with van der Waals surface area (Å²) in [5, 5.41) is 9.05. The van der Waals surface area contributed by atoms with Gasteiger partial charge in [0, 0.05) is 11.8 Å². The van der Waals surface area contributed by atoms with Gasteiger partial charge in [-0.3, -0.25) is 0 Å². The molecule has 2 N–H and O–H groups in total. The lowest BCUT2D eigenvalue weighted by Crippen LogP contribution is -2.12. The minimum atomic E-state index is -0.00937. The Morgan fingerprint density at radius 3 is 2.63 bits per heavy atom. The normalized spacial score (nSPS) is 12.4. The van der Waals surface area contributed by atoms with Gasteiger partial charge < -0.3 is 10.5 Å². The molecule has 0 spiro atoms. The van der Waals surface area contributed by atoms with Crippen molar-refractivity contribution >= 4 is 23.1 Å². The Hall–Kier alpha value is -1.11. The minimum absolute atomic E-state index is 0.00937. The van der Waals surface area contributed by atoms with Crippen LogP contribution in [0.4, 0.5) is 0 Å². The summed E-state index contributed by atoms with van der Waals surface area (Å²) in [6, 6.07) is 7.94. The fourth-order valence-corrected chi connectivity index (χ4v) is 3.40. The standard InChI is InChI=1S/C13H17N3OS2/c1-3-17-11-6-4-10(5-7-11)12(14)8-18-13-16-15-9(2)19-13/h4-7,12H,3,8,14H2,1-2H3. The first-order chi connectivity index (χ1) is 9.19. The number of nitrogens with two attached hydrogens (primary N) is 1. The zero-order valence-electron chi connectivity index (χ0n) is 11.0. The molecule has 4 nitrogen and oxygen atoms in total. The number of ether oxygens (including phenoxy) is 1. The van der Waals surface area contributed by atoms with Crippen LogP contribution in [0.15, 0.2) is 28.6 Å². The molecule has 0 saturated heterocycles. The van der Waals surface area contributed by atoms with Crippen molar-refractivity contribution in [2.24, 2.45) is 5.73 Å². The van der Waals surface area contributed by atoms with Gasteiger partial charge in [-0.15, -0.1) is 10.2 Å². The van der Waals surface area contributed by atoms with Crippen LogP contribution in [-0.2, 0) is 0 Å². The van der Waals surface area contributed by atoms with E-state index in [9.17, 15) is 0 Å². The summed E-state index contributed by atoms with van der Waals surface area (Å²) in [6.07, 6.45) is 0. The molecule has 19 heavy (non-hydrogen) atoms. The van der Waals surface area contributed by atoms with Gasteiger partial charge in [0.05, 0.1) is 6.61 Å². The Balaban J connectivity index is 1.90. The fraction of sp³-hybridized carbons (Fsp3) is 0.385. The lowest BCUT2D eigenvalue weighted by molar-refractivity contribution is 0.340. The van der Waals surface area contributed by atoms with E-state index < -0.39 is 0 Å². The molecule has 0 bridgehead atoms. The molecular formula is C13H17N3OS2. The van der Waals surface area contributed by atoms with Crippen molar-refractivity contribution in [1.82, 2.24) is 10.2 Å². The first-order valence-electron chi connectivity index (χ1n) is 6.10. The first-order valence-corrected chi connectivity index (χ1v) is 7.90. The summed E-state index contributed by atoms with van der Waals surface area (Å²) >= 11 is 3.25. The van der Waals surface area contributed by atoms with Gasteiger partial charge in [0.1, 0.15) is 10.8 Å². The first kappa shape index (κ1) is 14.3. The highest BCUT2D eigenvalue weighted by Gasteiger charge is 2.09. The number of aryl methyl sites for hydroxylation is 1. The lowest BCUT2D eigenvalue weighted by atomic mass is 10.1. The summed E-state index contributed by atoms with van der Waals surface area (Å²) in [6.45, 7) is 4.60. The second kappa shape index (κ2) is 6.88. The number of hydrogen-bond donors (Lipinski definition) is 1. The summed E-state index contributed by atoms with van der Waals surface area (Å²) in [5.74, 6) is 1.67. The van der Waals surface area contributed by atoms with Gasteiger partial charge in [0.25, 0.3) is 0 Å². The molecule has 2 rings (SSSR count). The molecule has 2 aromatic rings. The molecule has 0 amide bonds. The van der Waals surface area contributed by atoms with Crippen molar-refractivity contribution < 1.29 is 4.74 Å². The molecule has 0 aliphatic heterocycles. The maximum Gasteiger partial charge on any atom is 0.174 e. The van der Waals surface area contributed by atoms with Crippen molar-refractivity contribution in [3.8, 4) is 5.75 Å². The zero-order valence-corrected chi connectivity index (χ0v) is 12.6. The topological polar surface area (TPSA) is 61.0 Å². The van der Waals surface area contributed by atoms with Gasteiger partial charge in [-0.25, -0.2) is 0 Å². The third-order valence-corrected chi connectivity index (χ3v) is 4.60. The Morgan fingerprint density at radius 1 is 1.32 bits per heavy atom. The quantitative estimate of drug-likeness (QED) is 0.830. The van der Waals surface area contributed by atoms with E-state index in [1.165, 1.54) is 0 Å². The number of hydrogen-bond acceptors (Lipinski definition) is 6. The Bertz CT molecular complexity index is 513. The predicted octanol–water partition coefficient (Wildman–Crippen LogP) is 3.04. The van der Waals surface area contributed by atoms with E-state index in [-0.39, 0.29) is 6.04 Å². The van der Waals surface area contributed by atoms with Crippen molar-refractivity contribution in [3.63, 3.8) is 0 Å². The molecule has 1 atom stereocenters. The zero-order chi connectivity index (χ0) is 13.7. The molecule has 102 valence electrons. The van der Waals surface area contributed by atoms with Crippen molar-refractivity contribution in [2.45, 2.75) is 24.2 Å². The van der Waals surface area contributed by atoms with Crippen LogP contribution >= 0.6 is 23.1 Å². The van der Waals surface area contributed by atoms with Crippen molar-refractivity contribution in [3.05, 3.63) is 34.8 Å². The second-order valence-electron chi connectivity index (χ2n) is 4.01. The van der Waals surface area contributed by atoms with E-state index in [0.717, 1.165) is 26.4 Å². The van der Waals surface area contributed by atoms with E-state index >= 15 is 0 Å². The van der Waals surface area contributed by atoms with Gasteiger partial charge >= 0.3 is 0 Å². The van der Waals surface area contributed by atoms with Gasteiger partial charge in [-0.2, -0.15) is 0 Å². The van der Waals surface area contributed by atoms with E-state index in [1.807, 2.05) is 38.1 Å². The maximum atomic E-state index is 6.17. The summed E-state index contributed by atoms with van der Waals surface area (Å²) in [7, 11) is 0. The average molecular weight is 295 g/mol. The number of nitrogens with zero attached hydrogens (tertiary/aromatic N) is 2. The maximum absolute atomic E-state index is 6.17. The summed E-state index contributed by atoms with van der Waals surface area (Å²) in [5.41, 5.74) is 7.28. The molecule has 0 saturated carbocycles. The molecule has 6 heteroatoms. The van der Waals surface area contributed by atoms with Gasteiger partial charge in [-0.1, -0.05) is 35.2 Å². The second-order valence-corrected chi connectivity index (χ2v) is 6.46. The SMILES string of the molecule is CCOc1ccc(C(N)CSc2nnc(C)s2)cc1. The van der Waals surface area contributed by atoms with Gasteiger partial charge in [0.15, 0.2) is 4.34 Å². The monoisotopic (exact) mass is 295 g/mol. The van der Waals surface area contributed by atoms with E-state index in [2.05, 4.69) is 10.2 Å². The van der Waals surface area contributed by atoms with Gasteiger partial charge in [0.2, 0.25) is 0 Å². The highest BCUT2D eigenvalue weighted by Crippen LogP contribution is 2.26. The fourth-order valence-electron chi connectivity index (χ4n) is 1.57. The minimum Gasteiger partial charge on any atom is -0.494 e. The Labute approximate surface area is 121 Å². The number of benzene rings is 1. The van der Waals surface area contributed by atoms with Crippen LogP contribution in [0.3, 0.4) is 0 Å². The van der Waals surface area contributed by atoms with Crippen LogP contribution in [0.2, 0.25) is 0 Å². The summed E-state index contributed by atoms with van der Waals surface area (Å²) < 4.78 is 6.38. The van der Waals surface area contributed by atoms with Crippen LogP contribution in [0, 0.1) is 6.92 Å². The molecule has 0 fully saturated rings. The highest BCUT2D eigenvalue weighted by atomic mass is 32.2. The molecule has 1 unspecified atom stereocenters. The van der Waals surface area contributed by atoms with E-state index in [1.54, 1.807) is 23.1 Å². The van der Waals surface area contributed by atoms with Crippen LogP contribution < -0.4 is 10.5 Å². The van der Waals surface area contributed by atoms with Crippen molar-refractivity contribution in [1.29, 1.82) is 0 Å². The smallest absolute Gasteiger partial charge is 0.174 e. The van der Waals surface area contributed by atoms with Crippen LogP contribution in [0.25, 0.3) is 0 Å². The Kier molecular flexibility index (Phi) is 5.18. The van der Waals surface area contributed by atoms with Gasteiger partial charge in [-0.05, 0) is 31.5 Å². The van der Waals surface area contributed by atoms with E-state index in [4.69, 9.17) is 10.5 Å². The number of thioether (sulfide) groups is 1. The largest absolute Gasteiger partial charge is 0.494 e. The molecule has 0 aliphatic rings. The van der Waals surface area contributed by atoms with Crippen LogP contribution in [0.5, 0.6) is 5.75 Å². The lowest BCUT2D eigenvalue weighted by Gasteiger charge is -2.11. The molecular weight excluding hydrogens is 278 g/mol. The van der Waals surface area contributed by atoms with Crippen LogP contribution in [-0.4, -0.2) is 22.6 Å². The number of aromatic nitrogens is 2. The third-order valence-electron chi connectivity index (χ3n) is 2.51. The van der Waals surface area contributed by atoms with Crippen LogP contribution in [0.1, 0.15) is 23.5 Å². The highest BCUT2D eigenvalue weighted by molar-refractivity contribution is 8.01. The summed E-state index contributed by atoms with van der Waals surface area (Å²) in [4.78, 5) is 0. The molecule has 1 aromatic carbocycles. The molecule has 0 aliphatic carbocycles.